The van der Waals surface area contributed by atoms with E-state index < -0.39 is 10.0 Å². The Kier molecular flexibility index (Phi) is 5.86. The Bertz CT molecular complexity index is 861. The second-order valence-corrected chi connectivity index (χ2v) is 10.8. The summed E-state index contributed by atoms with van der Waals surface area (Å²) in [5, 5.41) is 0. The van der Waals surface area contributed by atoms with Crippen LogP contribution in [0.5, 0.6) is 0 Å². The highest BCUT2D eigenvalue weighted by Gasteiger charge is 2.30. The highest BCUT2D eigenvalue weighted by atomic mass is 32.2. The Hall–Kier alpha value is -1.64. The van der Waals surface area contributed by atoms with Crippen LogP contribution in [0, 0.1) is 5.92 Å². The van der Waals surface area contributed by atoms with Gasteiger partial charge in [-0.05, 0) is 48.4 Å². The van der Waals surface area contributed by atoms with Crippen molar-refractivity contribution in [3.05, 3.63) is 29.3 Å². The molecule has 0 bridgehead atoms. The van der Waals surface area contributed by atoms with Gasteiger partial charge in [-0.1, -0.05) is 6.07 Å². The molecule has 0 aromatic heterocycles. The summed E-state index contributed by atoms with van der Waals surface area (Å²) in [4.78, 5) is 17.8. The summed E-state index contributed by atoms with van der Waals surface area (Å²) < 4.78 is 26.9. The molecule has 29 heavy (non-hydrogen) atoms. The van der Waals surface area contributed by atoms with Crippen LogP contribution in [0.1, 0.15) is 30.9 Å². The second-order valence-electron chi connectivity index (χ2n) is 8.71. The molecule has 0 N–H and O–H groups in total. The van der Waals surface area contributed by atoms with Gasteiger partial charge in [0.05, 0.1) is 0 Å². The molecule has 1 aromatic rings. The number of carbonyl (C=O) groups is 1. The van der Waals surface area contributed by atoms with Crippen LogP contribution in [-0.4, -0.2) is 80.6 Å². The Labute approximate surface area is 174 Å². The van der Waals surface area contributed by atoms with Crippen LogP contribution in [0.15, 0.2) is 18.2 Å². The van der Waals surface area contributed by atoms with Crippen molar-refractivity contribution < 1.29 is 13.2 Å². The SMILES string of the molecule is CC(=O)N1CCN(c2ccc3c(c2)CCN(CS(=O)(=O)N(C)CC2CC2)C3)CC1. The molecule has 1 saturated carbocycles. The number of anilines is 1. The molecule has 1 aromatic carbocycles. The smallest absolute Gasteiger partial charge is 0.227 e. The number of benzene rings is 1. The van der Waals surface area contributed by atoms with Crippen LogP contribution in [0.25, 0.3) is 0 Å². The number of fused-ring (bicyclic) bond motifs is 1. The third kappa shape index (κ3) is 4.92. The lowest BCUT2D eigenvalue weighted by molar-refractivity contribution is -0.129. The molecule has 0 spiro atoms. The fourth-order valence-electron chi connectivity index (χ4n) is 4.29. The summed E-state index contributed by atoms with van der Waals surface area (Å²) in [5.41, 5.74) is 3.75. The standard InChI is InChI=1S/C21H32N4O3S/c1-17(26)24-9-11-25(12-10-24)21-6-5-20-15-23(8-7-19(20)13-21)16-29(27,28)22(2)14-18-3-4-18/h5-6,13,18H,3-4,7-12,14-16H2,1-2H3. The highest BCUT2D eigenvalue weighted by Crippen LogP contribution is 2.30. The molecule has 2 fully saturated rings. The molecule has 0 unspecified atom stereocenters. The predicted octanol–water partition coefficient (Wildman–Crippen LogP) is 1.34. The lowest BCUT2D eigenvalue weighted by atomic mass is 9.99. The highest BCUT2D eigenvalue weighted by molar-refractivity contribution is 7.89. The van der Waals surface area contributed by atoms with Crippen molar-refractivity contribution in [1.29, 1.82) is 0 Å². The van der Waals surface area contributed by atoms with Gasteiger partial charge < -0.3 is 9.80 Å². The molecule has 0 radical (unpaired) electrons. The quantitative estimate of drug-likeness (QED) is 0.695. The minimum Gasteiger partial charge on any atom is -0.368 e. The van der Waals surface area contributed by atoms with Crippen molar-refractivity contribution in [2.45, 2.75) is 32.7 Å². The van der Waals surface area contributed by atoms with E-state index in [1.807, 2.05) is 9.80 Å². The van der Waals surface area contributed by atoms with Crippen LogP contribution in [-0.2, 0) is 27.8 Å². The average molecular weight is 421 g/mol. The molecule has 2 heterocycles. The van der Waals surface area contributed by atoms with Gasteiger partial charge in [-0.25, -0.2) is 12.7 Å². The number of nitrogens with zero attached hydrogens (tertiary/aromatic N) is 4. The van der Waals surface area contributed by atoms with Crippen LogP contribution in [0.4, 0.5) is 5.69 Å². The predicted molar refractivity (Wildman–Crippen MR) is 114 cm³/mol. The Balaban J connectivity index is 1.36. The van der Waals surface area contributed by atoms with Gasteiger partial charge in [-0.2, -0.15) is 0 Å². The van der Waals surface area contributed by atoms with Gasteiger partial charge in [-0.15, -0.1) is 0 Å². The van der Waals surface area contributed by atoms with Crippen molar-refractivity contribution in [3.63, 3.8) is 0 Å². The van der Waals surface area contributed by atoms with Gasteiger partial charge in [0, 0.05) is 65.5 Å². The third-order valence-electron chi connectivity index (χ3n) is 6.40. The molecule has 1 saturated heterocycles. The van der Waals surface area contributed by atoms with E-state index in [0.717, 1.165) is 52.0 Å². The zero-order valence-electron chi connectivity index (χ0n) is 17.5. The van der Waals surface area contributed by atoms with Gasteiger partial charge in [-0.3, -0.25) is 9.69 Å². The monoisotopic (exact) mass is 420 g/mol. The third-order valence-corrected chi connectivity index (χ3v) is 8.19. The summed E-state index contributed by atoms with van der Waals surface area (Å²) in [6, 6.07) is 6.54. The molecular formula is C21H32N4O3S. The number of amides is 1. The number of hydrogen-bond donors (Lipinski definition) is 0. The van der Waals surface area contributed by atoms with E-state index in [1.165, 1.54) is 16.8 Å². The minimum atomic E-state index is -3.24. The van der Waals surface area contributed by atoms with Crippen molar-refractivity contribution >= 4 is 21.6 Å². The number of hydrogen-bond acceptors (Lipinski definition) is 5. The maximum atomic E-state index is 12.7. The maximum Gasteiger partial charge on any atom is 0.227 e. The molecule has 1 amide bonds. The summed E-state index contributed by atoms with van der Waals surface area (Å²) >= 11 is 0. The van der Waals surface area contributed by atoms with Gasteiger partial charge in [0.2, 0.25) is 15.9 Å². The first-order valence-electron chi connectivity index (χ1n) is 10.6. The van der Waals surface area contributed by atoms with E-state index in [4.69, 9.17) is 0 Å². The van der Waals surface area contributed by atoms with Crippen LogP contribution in [0.3, 0.4) is 0 Å². The molecule has 2 aliphatic heterocycles. The van der Waals surface area contributed by atoms with Gasteiger partial charge >= 0.3 is 0 Å². The maximum absolute atomic E-state index is 12.7. The largest absolute Gasteiger partial charge is 0.368 e. The summed E-state index contributed by atoms with van der Waals surface area (Å²) in [7, 11) is -1.52. The van der Waals surface area contributed by atoms with Crippen LogP contribution >= 0.6 is 0 Å². The van der Waals surface area contributed by atoms with E-state index in [0.29, 0.717) is 19.0 Å². The molecule has 7 nitrogen and oxygen atoms in total. The van der Waals surface area contributed by atoms with E-state index in [2.05, 4.69) is 23.1 Å². The van der Waals surface area contributed by atoms with Crippen molar-refractivity contribution in [2.24, 2.45) is 5.92 Å². The summed E-state index contributed by atoms with van der Waals surface area (Å²) in [6.45, 7) is 7.00. The lowest BCUT2D eigenvalue weighted by Gasteiger charge is -2.36. The first-order valence-corrected chi connectivity index (χ1v) is 12.2. The molecule has 4 rings (SSSR count). The van der Waals surface area contributed by atoms with E-state index in [-0.39, 0.29) is 11.8 Å². The first kappa shape index (κ1) is 20.6. The second kappa shape index (κ2) is 8.24. The number of sulfonamides is 1. The van der Waals surface area contributed by atoms with Crippen molar-refractivity contribution in [3.8, 4) is 0 Å². The van der Waals surface area contributed by atoms with Crippen LogP contribution < -0.4 is 4.90 Å². The topological polar surface area (TPSA) is 64.2 Å². The number of carbonyl (C=O) groups excluding carboxylic acids is 1. The molecule has 0 atom stereocenters. The van der Waals surface area contributed by atoms with Crippen molar-refractivity contribution in [2.75, 3.05) is 57.1 Å². The normalized spacial score (nSPS) is 20.8. The molecule has 3 aliphatic rings. The Morgan fingerprint density at radius 3 is 2.48 bits per heavy atom. The van der Waals surface area contributed by atoms with Gasteiger partial charge in [0.15, 0.2) is 0 Å². The fraction of sp³-hybridized carbons (Fsp3) is 0.667. The summed E-state index contributed by atoms with van der Waals surface area (Å²) in [6.07, 6.45) is 3.19. The minimum absolute atomic E-state index is 0.102. The van der Waals surface area contributed by atoms with E-state index in [1.54, 1.807) is 18.3 Å². The van der Waals surface area contributed by atoms with E-state index >= 15 is 0 Å². The zero-order chi connectivity index (χ0) is 20.6. The molecule has 8 heteroatoms. The Morgan fingerprint density at radius 2 is 1.83 bits per heavy atom. The summed E-state index contributed by atoms with van der Waals surface area (Å²) in [5.74, 6) is 0.810. The Morgan fingerprint density at radius 1 is 1.10 bits per heavy atom. The van der Waals surface area contributed by atoms with Crippen molar-refractivity contribution in [1.82, 2.24) is 14.1 Å². The molecule has 160 valence electrons. The van der Waals surface area contributed by atoms with E-state index in [9.17, 15) is 13.2 Å². The first-order chi connectivity index (χ1) is 13.8. The lowest BCUT2D eigenvalue weighted by Crippen LogP contribution is -2.48. The van der Waals surface area contributed by atoms with Gasteiger partial charge in [0.1, 0.15) is 5.88 Å². The average Bonchev–Trinajstić information content (AvgIpc) is 3.51. The number of rotatable bonds is 6. The molecule has 1 aliphatic carbocycles. The zero-order valence-corrected chi connectivity index (χ0v) is 18.3. The van der Waals surface area contributed by atoms with Crippen LogP contribution in [0.2, 0.25) is 0 Å². The molecular weight excluding hydrogens is 388 g/mol. The van der Waals surface area contributed by atoms with Gasteiger partial charge in [0.25, 0.3) is 0 Å². The number of piperazine rings is 1. The fourth-order valence-corrected chi connectivity index (χ4v) is 5.61.